The predicted molar refractivity (Wildman–Crippen MR) is 60.5 cm³/mol. The number of benzene rings is 1. The van der Waals surface area contributed by atoms with Crippen LogP contribution in [0.1, 0.15) is 23.1 Å². The Morgan fingerprint density at radius 3 is 2.41 bits per heavy atom. The van der Waals surface area contributed by atoms with E-state index in [1.54, 1.807) is 18.3 Å². The van der Waals surface area contributed by atoms with E-state index in [2.05, 4.69) is 15.5 Å². The van der Waals surface area contributed by atoms with Gasteiger partial charge in [-0.15, -0.1) is 0 Å². The van der Waals surface area contributed by atoms with Gasteiger partial charge < -0.3 is 5.32 Å². The van der Waals surface area contributed by atoms with Crippen molar-refractivity contribution in [1.29, 1.82) is 0 Å². The van der Waals surface area contributed by atoms with Crippen molar-refractivity contribution in [2.45, 2.75) is 19.5 Å². The van der Waals surface area contributed by atoms with Crippen molar-refractivity contribution < 1.29 is 8.78 Å². The van der Waals surface area contributed by atoms with E-state index in [9.17, 15) is 8.78 Å². The molecule has 2 aromatic rings. The Labute approximate surface area is 97.9 Å². The quantitative estimate of drug-likeness (QED) is 0.839. The number of aromatic amines is 1. The fraction of sp³-hybridized carbons (Fsp3) is 0.250. The molecule has 0 aliphatic carbocycles. The van der Waals surface area contributed by atoms with Crippen LogP contribution in [0.3, 0.4) is 0 Å². The van der Waals surface area contributed by atoms with Crippen LogP contribution >= 0.6 is 0 Å². The maximum Gasteiger partial charge on any atom is 0.263 e. The van der Waals surface area contributed by atoms with Crippen LogP contribution in [-0.2, 0) is 13.1 Å². The Morgan fingerprint density at radius 1 is 1.12 bits per heavy atom. The van der Waals surface area contributed by atoms with Gasteiger partial charge in [0.15, 0.2) is 0 Å². The lowest BCUT2D eigenvalue weighted by atomic mass is 10.1. The van der Waals surface area contributed by atoms with Gasteiger partial charge >= 0.3 is 0 Å². The molecule has 1 aromatic carbocycles. The third-order valence-corrected chi connectivity index (χ3v) is 2.44. The number of aromatic nitrogens is 2. The Kier molecular flexibility index (Phi) is 3.82. The molecule has 2 rings (SSSR count). The molecule has 90 valence electrons. The Balaban J connectivity index is 1.83. The molecule has 17 heavy (non-hydrogen) atoms. The molecule has 0 radical (unpaired) electrons. The summed E-state index contributed by atoms with van der Waals surface area (Å²) in [6.45, 7) is 1.35. The van der Waals surface area contributed by atoms with Gasteiger partial charge in [0.1, 0.15) is 0 Å². The Hall–Kier alpha value is -1.75. The zero-order chi connectivity index (χ0) is 12.1. The zero-order valence-electron chi connectivity index (χ0n) is 9.16. The summed E-state index contributed by atoms with van der Waals surface area (Å²) in [4.78, 5) is 0. The summed E-state index contributed by atoms with van der Waals surface area (Å²) in [5, 5.41) is 9.76. The van der Waals surface area contributed by atoms with Gasteiger partial charge in [-0.05, 0) is 5.56 Å². The van der Waals surface area contributed by atoms with Crippen LogP contribution in [0.4, 0.5) is 8.78 Å². The van der Waals surface area contributed by atoms with E-state index in [0.717, 1.165) is 11.1 Å². The highest BCUT2D eigenvalue weighted by atomic mass is 19.3. The number of hydrogen-bond acceptors (Lipinski definition) is 2. The van der Waals surface area contributed by atoms with E-state index in [1.165, 1.54) is 12.1 Å². The number of halogens is 2. The van der Waals surface area contributed by atoms with Gasteiger partial charge in [-0.2, -0.15) is 5.10 Å². The number of nitrogens with one attached hydrogen (secondary N) is 2. The second-order valence-electron chi connectivity index (χ2n) is 3.75. The van der Waals surface area contributed by atoms with Gasteiger partial charge in [-0.1, -0.05) is 24.3 Å². The van der Waals surface area contributed by atoms with Gasteiger partial charge in [0, 0.05) is 30.4 Å². The topological polar surface area (TPSA) is 40.7 Å². The third kappa shape index (κ3) is 3.35. The molecule has 3 nitrogen and oxygen atoms in total. The van der Waals surface area contributed by atoms with E-state index in [1.807, 2.05) is 6.20 Å². The summed E-state index contributed by atoms with van der Waals surface area (Å²) in [5.74, 6) is 0. The average Bonchev–Trinajstić information content (AvgIpc) is 2.83. The average molecular weight is 237 g/mol. The van der Waals surface area contributed by atoms with Crippen molar-refractivity contribution in [2.75, 3.05) is 0 Å². The Bertz CT molecular complexity index is 437. The number of rotatable bonds is 5. The number of alkyl halides is 2. The molecule has 2 N–H and O–H groups in total. The van der Waals surface area contributed by atoms with Crippen LogP contribution < -0.4 is 5.32 Å². The summed E-state index contributed by atoms with van der Waals surface area (Å²) in [7, 11) is 0. The summed E-state index contributed by atoms with van der Waals surface area (Å²) in [6.07, 6.45) is 1.16. The van der Waals surface area contributed by atoms with Crippen LogP contribution in [0.25, 0.3) is 0 Å². The predicted octanol–water partition coefficient (Wildman–Crippen LogP) is 2.64. The van der Waals surface area contributed by atoms with Gasteiger partial charge in [0.05, 0.1) is 6.20 Å². The lowest BCUT2D eigenvalue weighted by Crippen LogP contribution is -2.12. The highest BCUT2D eigenvalue weighted by Crippen LogP contribution is 2.18. The molecule has 0 aliphatic heterocycles. The normalized spacial score (nSPS) is 11.0. The number of hydrogen-bond donors (Lipinski definition) is 2. The molecule has 0 unspecified atom stereocenters. The molecule has 0 amide bonds. The minimum atomic E-state index is -2.40. The smallest absolute Gasteiger partial charge is 0.263 e. The summed E-state index contributed by atoms with van der Waals surface area (Å²) in [5.41, 5.74) is 2.11. The molecule has 0 fully saturated rings. The van der Waals surface area contributed by atoms with E-state index >= 15 is 0 Å². The Morgan fingerprint density at radius 2 is 1.82 bits per heavy atom. The van der Waals surface area contributed by atoms with Crippen molar-refractivity contribution in [2.24, 2.45) is 0 Å². The van der Waals surface area contributed by atoms with Crippen LogP contribution in [0.5, 0.6) is 0 Å². The number of nitrogens with zero attached hydrogens (tertiary/aromatic N) is 1. The van der Waals surface area contributed by atoms with Crippen molar-refractivity contribution in [3.05, 3.63) is 53.3 Å². The SMILES string of the molecule is FC(F)c1ccc(CNCc2cn[nH]c2)cc1. The molecule has 0 spiro atoms. The van der Waals surface area contributed by atoms with Crippen LogP contribution in [0.15, 0.2) is 36.7 Å². The lowest BCUT2D eigenvalue weighted by molar-refractivity contribution is 0.151. The van der Waals surface area contributed by atoms with Gasteiger partial charge in [0.2, 0.25) is 0 Å². The van der Waals surface area contributed by atoms with Gasteiger partial charge in [0.25, 0.3) is 6.43 Å². The largest absolute Gasteiger partial charge is 0.309 e. The molecule has 0 atom stereocenters. The standard InChI is InChI=1S/C12H13F2N3/c13-12(14)11-3-1-9(2-4-11)5-15-6-10-7-16-17-8-10/h1-4,7-8,12,15H,5-6H2,(H,16,17). The highest BCUT2D eigenvalue weighted by molar-refractivity contribution is 5.23. The molecule has 5 heteroatoms. The molecular weight excluding hydrogens is 224 g/mol. The van der Waals surface area contributed by atoms with Crippen LogP contribution in [-0.4, -0.2) is 10.2 Å². The van der Waals surface area contributed by atoms with E-state index in [-0.39, 0.29) is 5.56 Å². The zero-order valence-corrected chi connectivity index (χ0v) is 9.16. The van der Waals surface area contributed by atoms with Crippen molar-refractivity contribution in [3.63, 3.8) is 0 Å². The maximum absolute atomic E-state index is 12.3. The fourth-order valence-corrected chi connectivity index (χ4v) is 1.51. The summed E-state index contributed by atoms with van der Waals surface area (Å²) >= 11 is 0. The second-order valence-corrected chi connectivity index (χ2v) is 3.75. The molecule has 0 bridgehead atoms. The first-order valence-corrected chi connectivity index (χ1v) is 5.31. The molecule has 0 saturated carbocycles. The van der Waals surface area contributed by atoms with E-state index in [4.69, 9.17) is 0 Å². The van der Waals surface area contributed by atoms with Crippen LogP contribution in [0, 0.1) is 0 Å². The highest BCUT2D eigenvalue weighted by Gasteiger charge is 2.05. The monoisotopic (exact) mass is 237 g/mol. The minimum Gasteiger partial charge on any atom is -0.309 e. The maximum atomic E-state index is 12.3. The minimum absolute atomic E-state index is 0.0589. The molecular formula is C12H13F2N3. The van der Waals surface area contributed by atoms with Crippen molar-refractivity contribution in [3.8, 4) is 0 Å². The third-order valence-electron chi connectivity index (χ3n) is 2.44. The second kappa shape index (κ2) is 5.54. The summed E-state index contributed by atoms with van der Waals surface area (Å²) < 4.78 is 24.6. The number of H-pyrrole nitrogens is 1. The molecule has 0 saturated heterocycles. The van der Waals surface area contributed by atoms with Gasteiger partial charge in [-0.3, -0.25) is 5.10 Å². The summed E-state index contributed by atoms with van der Waals surface area (Å²) in [6, 6.07) is 6.34. The first-order valence-electron chi connectivity index (χ1n) is 5.31. The molecule has 1 aromatic heterocycles. The van der Waals surface area contributed by atoms with Crippen LogP contribution in [0.2, 0.25) is 0 Å². The fourth-order valence-electron chi connectivity index (χ4n) is 1.51. The first kappa shape index (κ1) is 11.7. The van der Waals surface area contributed by atoms with E-state index in [0.29, 0.717) is 13.1 Å². The van der Waals surface area contributed by atoms with Crippen molar-refractivity contribution in [1.82, 2.24) is 15.5 Å². The molecule has 0 aliphatic rings. The van der Waals surface area contributed by atoms with E-state index < -0.39 is 6.43 Å². The van der Waals surface area contributed by atoms with Gasteiger partial charge in [-0.25, -0.2) is 8.78 Å². The van der Waals surface area contributed by atoms with Crippen molar-refractivity contribution >= 4 is 0 Å². The first-order chi connectivity index (χ1) is 8.25. The lowest BCUT2D eigenvalue weighted by Gasteiger charge is -2.04. The molecule has 1 heterocycles.